The summed E-state index contributed by atoms with van der Waals surface area (Å²) in [6, 6.07) is 1.60. The van der Waals surface area contributed by atoms with Gasteiger partial charge in [-0.05, 0) is 38.6 Å². The van der Waals surface area contributed by atoms with E-state index in [4.69, 9.17) is 16.3 Å². The van der Waals surface area contributed by atoms with Crippen LogP contribution in [0.15, 0.2) is 18.5 Å². The fourth-order valence-electron chi connectivity index (χ4n) is 3.65. The third-order valence-corrected chi connectivity index (χ3v) is 9.75. The fourth-order valence-corrected chi connectivity index (χ4v) is 6.15. The second-order valence-corrected chi connectivity index (χ2v) is 14.2. The third kappa shape index (κ3) is 5.67. The molecule has 1 aliphatic carbocycles. The van der Waals surface area contributed by atoms with Crippen LogP contribution in [0, 0.1) is 0 Å². The average molecular weight is 502 g/mol. The number of nitrogens with zero attached hydrogens (tertiary/aromatic N) is 2. The molecule has 0 saturated heterocycles. The molecule has 2 aromatic rings. The van der Waals surface area contributed by atoms with E-state index < -0.39 is 25.9 Å². The molecule has 10 heteroatoms. The van der Waals surface area contributed by atoms with Crippen molar-refractivity contribution in [2.45, 2.75) is 82.4 Å². The number of nitrogens with one attached hydrogen (secondary N) is 1. The van der Waals surface area contributed by atoms with E-state index in [1.54, 1.807) is 25.4 Å². The lowest BCUT2D eigenvalue weighted by Crippen LogP contribution is -2.43. The first-order valence-electron chi connectivity index (χ1n) is 11.0. The van der Waals surface area contributed by atoms with Gasteiger partial charge in [-0.1, -0.05) is 31.9 Å². The van der Waals surface area contributed by atoms with Crippen LogP contribution in [-0.4, -0.2) is 44.8 Å². The van der Waals surface area contributed by atoms with Crippen LogP contribution in [-0.2, 0) is 21.2 Å². The fraction of sp³-hybridized carbons (Fsp3) is 0.636. The number of ether oxygens (including phenoxy) is 1. The maximum Gasteiger partial charge on any atom is 0.223 e. The molecule has 1 N–H and O–H groups in total. The topological polar surface area (TPSA) is 104 Å². The van der Waals surface area contributed by atoms with Gasteiger partial charge in [0.25, 0.3) is 0 Å². The Morgan fingerprint density at radius 2 is 1.94 bits per heavy atom. The molecular formula is C22H32ClN3O4S2. The molecule has 1 saturated carbocycles. The monoisotopic (exact) mass is 501 g/mol. The maximum absolute atomic E-state index is 12.8. The van der Waals surface area contributed by atoms with Gasteiger partial charge >= 0.3 is 0 Å². The molecule has 0 amide bonds. The predicted octanol–water partition coefficient (Wildman–Crippen LogP) is 4.52. The van der Waals surface area contributed by atoms with Crippen LogP contribution < -0.4 is 9.46 Å². The Morgan fingerprint density at radius 1 is 1.25 bits per heavy atom. The van der Waals surface area contributed by atoms with Gasteiger partial charge in [-0.3, -0.25) is 0 Å². The average Bonchev–Trinajstić information content (AvgIpc) is 2.68. The first-order chi connectivity index (χ1) is 15.0. The molecule has 178 valence electrons. The first kappa shape index (κ1) is 25.5. The molecule has 0 spiro atoms. The van der Waals surface area contributed by atoms with Gasteiger partial charge in [0.05, 0.1) is 16.7 Å². The smallest absolute Gasteiger partial charge is 0.223 e. The zero-order valence-electron chi connectivity index (χ0n) is 19.2. The first-order valence-corrected chi connectivity index (χ1v) is 14.2. The Kier molecular flexibility index (Phi) is 7.97. The van der Waals surface area contributed by atoms with E-state index in [2.05, 4.69) is 21.6 Å². The second-order valence-electron chi connectivity index (χ2n) is 9.20. The standard InChI is InChI=1S/C22H32ClN3O4S2/c1-6-8-19(26-31(27)22(3,4)5)17-12-25-21(18-13-24-20(23)11-16(17)18)30-14-9-15(10-14)32(28,29)7-2/h11-15,19,26H,6-10H2,1-5H3/t14-,15+,19-,31?/m1/s1. The van der Waals surface area contributed by atoms with E-state index in [0.717, 1.165) is 23.8 Å². The summed E-state index contributed by atoms with van der Waals surface area (Å²) in [5.41, 5.74) is 0.885. The quantitative estimate of drug-likeness (QED) is 0.397. The SMILES string of the molecule is CCC[C@@H](N[S+]([O-])C(C)(C)C)c1cnc(O[C@H]2C[C@@H](S(=O)(=O)CC)C2)c2cnc(Cl)cc12. The van der Waals surface area contributed by atoms with Gasteiger partial charge in [-0.2, -0.15) is 0 Å². The molecule has 0 aromatic carbocycles. The number of pyridine rings is 2. The van der Waals surface area contributed by atoms with Crippen molar-refractivity contribution in [1.29, 1.82) is 0 Å². The van der Waals surface area contributed by atoms with E-state index in [0.29, 0.717) is 29.3 Å². The molecule has 7 nitrogen and oxygen atoms in total. The van der Waals surface area contributed by atoms with Gasteiger partial charge < -0.3 is 9.29 Å². The minimum absolute atomic E-state index is 0.143. The third-order valence-electron chi connectivity index (χ3n) is 5.73. The van der Waals surface area contributed by atoms with Gasteiger partial charge in [-0.15, -0.1) is 4.72 Å². The Morgan fingerprint density at radius 3 is 2.53 bits per heavy atom. The number of aromatic nitrogens is 2. The molecule has 2 atom stereocenters. The molecule has 2 aromatic heterocycles. The van der Waals surface area contributed by atoms with Crippen LogP contribution in [0.5, 0.6) is 5.88 Å². The van der Waals surface area contributed by atoms with Crippen LogP contribution in [0.3, 0.4) is 0 Å². The summed E-state index contributed by atoms with van der Waals surface area (Å²) in [6.07, 6.45) is 5.77. The Hall–Kier alpha value is -1.13. The summed E-state index contributed by atoms with van der Waals surface area (Å²) >= 11 is 4.96. The normalized spacial score (nSPS) is 21.2. The van der Waals surface area contributed by atoms with E-state index >= 15 is 0 Å². The highest BCUT2D eigenvalue weighted by Gasteiger charge is 2.39. The second kappa shape index (κ2) is 10.0. The number of hydrogen-bond donors (Lipinski definition) is 1. The highest BCUT2D eigenvalue weighted by Crippen LogP contribution is 2.37. The molecule has 3 rings (SSSR count). The van der Waals surface area contributed by atoms with Crippen LogP contribution in [0.1, 0.15) is 71.9 Å². The number of halogens is 1. The molecule has 0 bridgehead atoms. The summed E-state index contributed by atoms with van der Waals surface area (Å²) in [7, 11) is -3.05. The summed E-state index contributed by atoms with van der Waals surface area (Å²) in [5.74, 6) is 0.558. The van der Waals surface area contributed by atoms with E-state index in [1.807, 2.05) is 20.8 Å². The van der Waals surface area contributed by atoms with Crippen LogP contribution in [0.4, 0.5) is 0 Å². The summed E-state index contributed by atoms with van der Waals surface area (Å²) in [5, 5.41) is 1.55. The van der Waals surface area contributed by atoms with Crippen LogP contribution in [0.2, 0.25) is 5.15 Å². The van der Waals surface area contributed by atoms with E-state index in [1.165, 1.54) is 0 Å². The van der Waals surface area contributed by atoms with Crippen molar-refractivity contribution in [2.75, 3.05) is 5.75 Å². The predicted molar refractivity (Wildman–Crippen MR) is 130 cm³/mol. The van der Waals surface area contributed by atoms with Crippen molar-refractivity contribution in [1.82, 2.24) is 14.7 Å². The van der Waals surface area contributed by atoms with Gasteiger partial charge in [0.2, 0.25) is 5.88 Å². The summed E-state index contributed by atoms with van der Waals surface area (Å²) in [6.45, 7) is 9.53. The number of sulfone groups is 1. The Bertz CT molecular complexity index is 1050. The molecule has 0 aliphatic heterocycles. The van der Waals surface area contributed by atoms with Crippen molar-refractivity contribution < 1.29 is 17.7 Å². The van der Waals surface area contributed by atoms with Crippen molar-refractivity contribution in [3.63, 3.8) is 0 Å². The minimum Gasteiger partial charge on any atom is -0.598 e. The van der Waals surface area contributed by atoms with Crippen molar-refractivity contribution in [3.8, 4) is 5.88 Å². The van der Waals surface area contributed by atoms with E-state index in [9.17, 15) is 13.0 Å². The zero-order chi connectivity index (χ0) is 23.7. The lowest BCUT2D eigenvalue weighted by Gasteiger charge is -2.34. The number of hydrogen-bond acceptors (Lipinski definition) is 7. The van der Waals surface area contributed by atoms with Crippen molar-refractivity contribution >= 4 is 43.6 Å². The van der Waals surface area contributed by atoms with Crippen LogP contribution in [0.25, 0.3) is 10.8 Å². The molecular weight excluding hydrogens is 470 g/mol. The summed E-state index contributed by atoms with van der Waals surface area (Å²) < 4.78 is 45.8. The Balaban J connectivity index is 1.90. The minimum atomic E-state index is -3.05. The highest BCUT2D eigenvalue weighted by molar-refractivity contribution is 7.92. The van der Waals surface area contributed by atoms with Crippen LogP contribution >= 0.6 is 11.6 Å². The highest BCUT2D eigenvalue weighted by atomic mass is 35.5. The van der Waals surface area contributed by atoms with Gasteiger partial charge in [-0.25, -0.2) is 18.4 Å². The van der Waals surface area contributed by atoms with Gasteiger partial charge in [0.15, 0.2) is 9.84 Å². The van der Waals surface area contributed by atoms with E-state index in [-0.39, 0.29) is 23.1 Å². The molecule has 2 heterocycles. The number of rotatable bonds is 9. The number of fused-ring (bicyclic) bond motifs is 1. The van der Waals surface area contributed by atoms with Crippen molar-refractivity contribution in [3.05, 3.63) is 29.2 Å². The molecule has 1 fully saturated rings. The molecule has 32 heavy (non-hydrogen) atoms. The van der Waals surface area contributed by atoms with Gasteiger partial charge in [0, 0.05) is 47.9 Å². The van der Waals surface area contributed by atoms with Gasteiger partial charge in [0.1, 0.15) is 16.0 Å². The Labute approximate surface area is 198 Å². The summed E-state index contributed by atoms with van der Waals surface area (Å²) in [4.78, 5) is 8.75. The zero-order valence-corrected chi connectivity index (χ0v) is 21.6. The maximum atomic E-state index is 12.8. The molecule has 1 unspecified atom stereocenters. The lowest BCUT2D eigenvalue weighted by atomic mass is 9.95. The molecule has 1 aliphatic rings. The lowest BCUT2D eigenvalue weighted by molar-refractivity contribution is 0.119. The molecule has 0 radical (unpaired) electrons. The van der Waals surface area contributed by atoms with Crippen molar-refractivity contribution in [2.24, 2.45) is 0 Å². The largest absolute Gasteiger partial charge is 0.598 e.